The Hall–Kier alpha value is -4.90. The second-order valence-electron chi connectivity index (χ2n) is 9.80. The van der Waals surface area contributed by atoms with Crippen molar-refractivity contribution < 1.29 is 4.74 Å². The number of hydrogen-bond acceptors (Lipinski definition) is 3. The Balaban J connectivity index is 1.56. The summed E-state index contributed by atoms with van der Waals surface area (Å²) in [7, 11) is 1.88. The van der Waals surface area contributed by atoms with E-state index in [9.17, 15) is 4.79 Å². The number of fused-ring (bicyclic) bond motifs is 1. The molecule has 0 saturated carbocycles. The Kier molecular flexibility index (Phi) is 6.33. The Morgan fingerprint density at radius 3 is 2.15 bits per heavy atom. The number of para-hydroxylation sites is 2. The Labute approximate surface area is 228 Å². The molecule has 0 N–H and O–H groups in total. The van der Waals surface area contributed by atoms with Crippen LogP contribution in [0.4, 0.5) is 5.69 Å². The topological polar surface area (TPSA) is 48.5 Å². The van der Waals surface area contributed by atoms with Crippen LogP contribution in [0.5, 0.6) is 5.75 Å². The summed E-state index contributed by atoms with van der Waals surface area (Å²) in [5, 5.41) is 0. The lowest BCUT2D eigenvalue weighted by molar-refractivity contribution is 0.489. The van der Waals surface area contributed by atoms with Crippen molar-refractivity contribution in [1.82, 2.24) is 9.36 Å². The highest BCUT2D eigenvalue weighted by molar-refractivity contribution is 5.95. The van der Waals surface area contributed by atoms with Gasteiger partial charge in [0.25, 0.3) is 5.56 Å². The molecular weight excluding hydrogens is 482 g/mol. The van der Waals surface area contributed by atoms with Gasteiger partial charge in [0.05, 0.1) is 11.4 Å². The highest BCUT2D eigenvalue weighted by Gasteiger charge is 2.31. The maximum absolute atomic E-state index is 13.6. The molecule has 5 nitrogen and oxygen atoms in total. The van der Waals surface area contributed by atoms with E-state index < -0.39 is 0 Å². The SMILES string of the molecule is Cc1ccc([C@H]2C(C=Nc3c(C)n(C)n(-c4ccccc4)c3=O)=C(c3ccccc3)Oc3ccccc32)cc1. The van der Waals surface area contributed by atoms with Crippen molar-refractivity contribution in [1.29, 1.82) is 0 Å². The second-order valence-corrected chi connectivity index (χ2v) is 9.80. The van der Waals surface area contributed by atoms with E-state index in [1.54, 1.807) is 4.68 Å². The van der Waals surface area contributed by atoms with Crippen molar-refractivity contribution in [2.24, 2.45) is 12.0 Å². The van der Waals surface area contributed by atoms with Gasteiger partial charge in [-0.3, -0.25) is 9.48 Å². The molecule has 1 aliphatic heterocycles. The summed E-state index contributed by atoms with van der Waals surface area (Å²) in [4.78, 5) is 18.5. The number of aryl methyl sites for hydroxylation is 1. The molecule has 6 rings (SSSR count). The molecule has 0 fully saturated rings. The fourth-order valence-corrected chi connectivity index (χ4v) is 5.18. The zero-order valence-electron chi connectivity index (χ0n) is 22.2. The third kappa shape index (κ3) is 4.42. The first-order chi connectivity index (χ1) is 19.0. The summed E-state index contributed by atoms with van der Waals surface area (Å²) >= 11 is 0. The number of nitrogens with zero attached hydrogens (tertiary/aromatic N) is 3. The second kappa shape index (κ2) is 10.1. The monoisotopic (exact) mass is 511 g/mol. The zero-order chi connectivity index (χ0) is 26.9. The van der Waals surface area contributed by atoms with E-state index in [0.29, 0.717) is 5.69 Å². The van der Waals surface area contributed by atoms with E-state index in [2.05, 4.69) is 37.3 Å². The standard InChI is InChI=1S/C34H29N3O2/c1-23-18-20-25(21-19-23)31-28-16-10-11-17-30(28)39-33(26-12-6-4-7-13-26)29(31)22-35-32-24(2)36(3)37(34(32)38)27-14-8-5-9-15-27/h4-22,31H,1-3H3/t31-/m1/s1. The number of aliphatic imine (C=N–C) groups is 1. The van der Waals surface area contributed by atoms with Gasteiger partial charge in [-0.15, -0.1) is 0 Å². The first kappa shape index (κ1) is 24.4. The number of allylic oxidation sites excluding steroid dienone is 1. The maximum Gasteiger partial charge on any atom is 0.297 e. The third-order valence-corrected chi connectivity index (χ3v) is 7.32. The molecule has 192 valence electrons. The Morgan fingerprint density at radius 1 is 0.795 bits per heavy atom. The van der Waals surface area contributed by atoms with Gasteiger partial charge in [0, 0.05) is 35.9 Å². The van der Waals surface area contributed by atoms with Gasteiger partial charge in [-0.25, -0.2) is 9.67 Å². The lowest BCUT2D eigenvalue weighted by Crippen LogP contribution is -2.19. The van der Waals surface area contributed by atoms with E-state index in [4.69, 9.17) is 9.73 Å². The third-order valence-electron chi connectivity index (χ3n) is 7.32. The molecule has 0 spiro atoms. The Morgan fingerprint density at radius 2 is 1.44 bits per heavy atom. The molecule has 0 amide bonds. The van der Waals surface area contributed by atoms with Crippen LogP contribution in [0, 0.1) is 13.8 Å². The molecule has 1 atom stereocenters. The van der Waals surface area contributed by atoms with Gasteiger partial charge in [0.1, 0.15) is 11.5 Å². The highest BCUT2D eigenvalue weighted by Crippen LogP contribution is 2.45. The van der Waals surface area contributed by atoms with Crippen LogP contribution in [0.1, 0.15) is 33.9 Å². The highest BCUT2D eigenvalue weighted by atomic mass is 16.5. The van der Waals surface area contributed by atoms with Crippen LogP contribution >= 0.6 is 0 Å². The van der Waals surface area contributed by atoms with Crippen LogP contribution in [0.3, 0.4) is 0 Å². The molecular formula is C34H29N3O2. The van der Waals surface area contributed by atoms with Gasteiger partial charge in [-0.1, -0.05) is 96.6 Å². The molecule has 0 unspecified atom stereocenters. The molecule has 4 aromatic carbocycles. The van der Waals surface area contributed by atoms with Crippen molar-refractivity contribution in [3.05, 3.63) is 153 Å². The van der Waals surface area contributed by atoms with E-state index in [1.165, 1.54) is 5.56 Å². The first-order valence-corrected chi connectivity index (χ1v) is 13.0. The minimum atomic E-state index is -0.164. The molecule has 5 heteroatoms. The van der Waals surface area contributed by atoms with Gasteiger partial charge < -0.3 is 4.74 Å². The fourth-order valence-electron chi connectivity index (χ4n) is 5.18. The fraction of sp³-hybridized carbons (Fsp3) is 0.118. The average molecular weight is 512 g/mol. The molecule has 0 aliphatic carbocycles. The number of benzene rings is 4. The van der Waals surface area contributed by atoms with Gasteiger partial charge in [0.2, 0.25) is 0 Å². The summed E-state index contributed by atoms with van der Waals surface area (Å²) in [5.41, 5.74) is 7.08. The normalized spacial score (nSPS) is 14.9. The molecule has 39 heavy (non-hydrogen) atoms. The van der Waals surface area contributed by atoms with E-state index in [0.717, 1.165) is 45.2 Å². The Bertz CT molecular complexity index is 1760. The summed E-state index contributed by atoms with van der Waals surface area (Å²) < 4.78 is 10.1. The van der Waals surface area contributed by atoms with E-state index >= 15 is 0 Å². The minimum Gasteiger partial charge on any atom is -0.456 e. The minimum absolute atomic E-state index is 0.116. The summed E-state index contributed by atoms with van der Waals surface area (Å²) in [5.74, 6) is 1.44. The van der Waals surface area contributed by atoms with Crippen LogP contribution in [-0.2, 0) is 7.05 Å². The largest absolute Gasteiger partial charge is 0.456 e. The van der Waals surface area contributed by atoms with E-state index in [1.807, 2.05) is 104 Å². The molecule has 2 heterocycles. The van der Waals surface area contributed by atoms with Crippen LogP contribution in [0.25, 0.3) is 11.4 Å². The quantitative estimate of drug-likeness (QED) is 0.236. The molecule has 0 radical (unpaired) electrons. The maximum atomic E-state index is 13.6. The number of ether oxygens (including phenoxy) is 1. The van der Waals surface area contributed by atoms with Crippen LogP contribution in [0.2, 0.25) is 0 Å². The van der Waals surface area contributed by atoms with Crippen molar-refractivity contribution in [3.63, 3.8) is 0 Å². The summed E-state index contributed by atoms with van der Waals surface area (Å²) in [6.45, 7) is 4.01. The van der Waals surface area contributed by atoms with Crippen molar-refractivity contribution >= 4 is 17.7 Å². The smallest absolute Gasteiger partial charge is 0.297 e. The van der Waals surface area contributed by atoms with Gasteiger partial charge in [0.15, 0.2) is 5.69 Å². The van der Waals surface area contributed by atoms with Gasteiger partial charge in [-0.2, -0.15) is 0 Å². The predicted molar refractivity (Wildman–Crippen MR) is 157 cm³/mol. The van der Waals surface area contributed by atoms with Crippen molar-refractivity contribution in [3.8, 4) is 11.4 Å². The molecule has 1 aliphatic rings. The van der Waals surface area contributed by atoms with Crippen molar-refractivity contribution in [2.45, 2.75) is 19.8 Å². The number of aromatic nitrogens is 2. The average Bonchev–Trinajstić information content (AvgIpc) is 3.19. The summed E-state index contributed by atoms with van der Waals surface area (Å²) in [6, 6.07) is 36.4. The zero-order valence-corrected chi connectivity index (χ0v) is 22.2. The molecule has 0 saturated heterocycles. The molecule has 1 aromatic heterocycles. The van der Waals surface area contributed by atoms with Crippen LogP contribution < -0.4 is 10.3 Å². The van der Waals surface area contributed by atoms with Crippen LogP contribution in [-0.4, -0.2) is 15.6 Å². The van der Waals surface area contributed by atoms with E-state index in [-0.39, 0.29) is 11.5 Å². The van der Waals surface area contributed by atoms with Crippen molar-refractivity contribution in [2.75, 3.05) is 0 Å². The van der Waals surface area contributed by atoms with Gasteiger partial charge >= 0.3 is 0 Å². The molecule has 0 bridgehead atoms. The number of rotatable bonds is 5. The summed E-state index contributed by atoms with van der Waals surface area (Å²) in [6.07, 6.45) is 1.82. The number of hydrogen-bond donors (Lipinski definition) is 0. The molecule has 5 aromatic rings. The lowest BCUT2D eigenvalue weighted by Gasteiger charge is -2.30. The predicted octanol–water partition coefficient (Wildman–Crippen LogP) is 7.13. The van der Waals surface area contributed by atoms with Gasteiger partial charge in [-0.05, 0) is 37.6 Å². The van der Waals surface area contributed by atoms with Crippen LogP contribution in [0.15, 0.2) is 125 Å². The lowest BCUT2D eigenvalue weighted by atomic mass is 9.81. The first-order valence-electron chi connectivity index (χ1n) is 13.0.